The van der Waals surface area contributed by atoms with Crippen molar-refractivity contribution in [3.05, 3.63) is 11.6 Å². The van der Waals surface area contributed by atoms with E-state index in [1.807, 2.05) is 0 Å². The maximum atomic E-state index is 12.2. The summed E-state index contributed by atoms with van der Waals surface area (Å²) in [5.74, 6) is 3.64. The van der Waals surface area contributed by atoms with E-state index in [-0.39, 0.29) is 30.3 Å². The van der Waals surface area contributed by atoms with Crippen molar-refractivity contribution < 1.29 is 19.4 Å². The van der Waals surface area contributed by atoms with Crippen LogP contribution in [-0.2, 0) is 14.3 Å². The number of carboxylic acids is 1. The second kappa shape index (κ2) is 11.2. The van der Waals surface area contributed by atoms with Gasteiger partial charge in [-0.3, -0.25) is 9.59 Å². The molecule has 3 saturated carbocycles. The molecule has 204 valence electrons. The Morgan fingerprint density at radius 2 is 1.81 bits per heavy atom. The zero-order chi connectivity index (χ0) is 26.1. The van der Waals surface area contributed by atoms with Crippen molar-refractivity contribution in [2.45, 2.75) is 131 Å². The number of aliphatic carboxylic acids is 1. The molecule has 4 nitrogen and oxygen atoms in total. The minimum absolute atomic E-state index is 0.0236. The van der Waals surface area contributed by atoms with Gasteiger partial charge in [-0.2, -0.15) is 0 Å². The lowest BCUT2D eigenvalue weighted by atomic mass is 9.42. The van der Waals surface area contributed by atoms with Gasteiger partial charge in [-0.15, -0.1) is 0 Å². The van der Waals surface area contributed by atoms with Gasteiger partial charge >= 0.3 is 11.9 Å². The first-order valence-corrected chi connectivity index (χ1v) is 15.2. The highest BCUT2D eigenvalue weighted by Crippen LogP contribution is 2.66. The molecule has 0 radical (unpaired) electrons. The number of hydrogen-bond donors (Lipinski definition) is 1. The molecule has 0 saturated heterocycles. The van der Waals surface area contributed by atoms with E-state index in [2.05, 4.69) is 40.7 Å². The Hall–Kier alpha value is -1.32. The highest BCUT2D eigenvalue weighted by Gasteiger charge is 2.57. The van der Waals surface area contributed by atoms with E-state index in [0.717, 1.165) is 54.8 Å². The van der Waals surface area contributed by atoms with Gasteiger partial charge in [0, 0.05) is 6.42 Å². The number of esters is 1. The van der Waals surface area contributed by atoms with Gasteiger partial charge in [0.1, 0.15) is 6.10 Å². The van der Waals surface area contributed by atoms with Crippen LogP contribution in [0.3, 0.4) is 0 Å². The predicted octanol–water partition coefficient (Wildman–Crippen LogP) is 8.19. The molecule has 0 aromatic heterocycles. The quantitative estimate of drug-likeness (QED) is 0.256. The van der Waals surface area contributed by atoms with Gasteiger partial charge in [-0.1, -0.05) is 72.0 Å². The molecule has 36 heavy (non-hydrogen) atoms. The molecule has 1 N–H and O–H groups in total. The van der Waals surface area contributed by atoms with Crippen molar-refractivity contribution in [3.63, 3.8) is 0 Å². The Labute approximate surface area is 220 Å². The third kappa shape index (κ3) is 5.58. The van der Waals surface area contributed by atoms with Gasteiger partial charge in [0.05, 0.1) is 12.8 Å². The van der Waals surface area contributed by atoms with Gasteiger partial charge in [-0.25, -0.2) is 0 Å². The highest BCUT2D eigenvalue weighted by molar-refractivity contribution is 5.76. The van der Waals surface area contributed by atoms with Gasteiger partial charge in [-0.05, 0) is 91.3 Å². The number of allylic oxidation sites excluding steroid dienone is 1. The molecule has 0 heterocycles. The Bertz CT molecular complexity index is 830. The van der Waals surface area contributed by atoms with E-state index >= 15 is 0 Å². The Morgan fingerprint density at radius 3 is 2.53 bits per heavy atom. The lowest BCUT2D eigenvalue weighted by Gasteiger charge is -2.62. The van der Waals surface area contributed by atoms with Crippen LogP contribution in [0, 0.1) is 46.3 Å². The van der Waals surface area contributed by atoms with Crippen LogP contribution in [-0.4, -0.2) is 23.1 Å². The molecule has 4 aliphatic rings. The number of carbonyl (C=O) groups is 2. The molecule has 0 aromatic carbocycles. The maximum Gasteiger partial charge on any atom is 0.306 e. The Kier molecular flexibility index (Phi) is 8.62. The van der Waals surface area contributed by atoms with E-state index in [1.54, 1.807) is 0 Å². The Morgan fingerprint density at radius 1 is 1.03 bits per heavy atom. The summed E-state index contributed by atoms with van der Waals surface area (Å²) in [5.41, 5.74) is 2.25. The van der Waals surface area contributed by atoms with Crippen LogP contribution >= 0.6 is 0 Å². The summed E-state index contributed by atoms with van der Waals surface area (Å²) in [6, 6.07) is 0. The predicted molar refractivity (Wildman–Crippen MR) is 144 cm³/mol. The van der Waals surface area contributed by atoms with Gasteiger partial charge in [0.15, 0.2) is 0 Å². The number of rotatable bonds is 9. The van der Waals surface area contributed by atoms with Crippen molar-refractivity contribution >= 4 is 11.9 Å². The van der Waals surface area contributed by atoms with E-state index < -0.39 is 5.97 Å². The van der Waals surface area contributed by atoms with Crippen molar-refractivity contribution in [1.82, 2.24) is 0 Å². The lowest BCUT2D eigenvalue weighted by molar-refractivity contribution is -0.154. The third-order valence-corrected chi connectivity index (χ3v) is 11.3. The highest BCUT2D eigenvalue weighted by atomic mass is 16.5. The van der Waals surface area contributed by atoms with Crippen LogP contribution in [0.25, 0.3) is 0 Å². The molecule has 3 fully saturated rings. The summed E-state index contributed by atoms with van der Waals surface area (Å²) in [6.07, 6.45) is 17.5. The molecule has 0 aromatic rings. The average molecular weight is 501 g/mol. The summed E-state index contributed by atoms with van der Waals surface area (Å²) in [7, 11) is 0. The minimum atomic E-state index is -0.941. The minimum Gasteiger partial charge on any atom is -0.481 e. The van der Waals surface area contributed by atoms with Crippen molar-refractivity contribution in [2.24, 2.45) is 46.3 Å². The van der Waals surface area contributed by atoms with Crippen molar-refractivity contribution in [1.29, 1.82) is 0 Å². The molecule has 8 unspecified atom stereocenters. The van der Waals surface area contributed by atoms with Gasteiger partial charge < -0.3 is 9.84 Å². The normalized spacial score (nSPS) is 38.8. The zero-order valence-corrected chi connectivity index (χ0v) is 23.7. The van der Waals surface area contributed by atoms with Gasteiger partial charge in [0.2, 0.25) is 0 Å². The summed E-state index contributed by atoms with van der Waals surface area (Å²) >= 11 is 0. The fourth-order valence-electron chi connectivity index (χ4n) is 9.41. The topological polar surface area (TPSA) is 63.6 Å². The summed E-state index contributed by atoms with van der Waals surface area (Å²) in [4.78, 5) is 23.0. The van der Waals surface area contributed by atoms with Gasteiger partial charge in [0.25, 0.3) is 0 Å². The fourth-order valence-corrected chi connectivity index (χ4v) is 9.41. The first-order chi connectivity index (χ1) is 17.0. The summed E-state index contributed by atoms with van der Waals surface area (Å²) in [6.45, 7) is 12.4. The molecule has 4 aliphatic carbocycles. The van der Waals surface area contributed by atoms with Crippen LogP contribution in [0.4, 0.5) is 0 Å². The number of hydrogen-bond acceptors (Lipinski definition) is 3. The molecular formula is C32H52O4. The zero-order valence-electron chi connectivity index (χ0n) is 23.7. The lowest BCUT2D eigenvalue weighted by Crippen LogP contribution is -2.54. The molecule has 0 spiro atoms. The fraction of sp³-hybridized carbons (Fsp3) is 0.875. The van der Waals surface area contributed by atoms with Crippen LogP contribution < -0.4 is 0 Å². The second-order valence-electron chi connectivity index (χ2n) is 13.9. The molecule has 4 rings (SSSR count). The number of carboxylic acid groups (broad SMARTS) is 1. The molecular weight excluding hydrogens is 448 g/mol. The summed E-state index contributed by atoms with van der Waals surface area (Å²) in [5, 5.41) is 8.85. The molecule has 4 heteroatoms. The van der Waals surface area contributed by atoms with Crippen LogP contribution in [0.1, 0.15) is 125 Å². The molecule has 0 bridgehead atoms. The monoisotopic (exact) mass is 500 g/mol. The second-order valence-corrected chi connectivity index (χ2v) is 13.9. The van der Waals surface area contributed by atoms with Crippen LogP contribution in [0.2, 0.25) is 0 Å². The Balaban J connectivity index is 1.43. The number of ether oxygens (including phenoxy) is 1. The van der Waals surface area contributed by atoms with Crippen molar-refractivity contribution in [2.75, 3.05) is 0 Å². The summed E-state index contributed by atoms with van der Waals surface area (Å²) < 4.78 is 5.72. The van der Waals surface area contributed by atoms with Crippen molar-refractivity contribution in [3.8, 4) is 0 Å². The standard InChI is InChI=1S/C32H52O4/c1-21(2)8-6-9-22(3)26-10-7-11-27-25-13-12-23-20-24(36-30(35)15-14-29(33)34)16-18-31(23,4)28(25)17-19-32(26,27)5/h12,21-22,24-28H,6-11,13-20H2,1-5H3,(H,33,34). The number of fused-ring (bicyclic) bond motifs is 5. The largest absolute Gasteiger partial charge is 0.481 e. The van der Waals surface area contributed by atoms with Crippen LogP contribution in [0.5, 0.6) is 0 Å². The smallest absolute Gasteiger partial charge is 0.306 e. The van der Waals surface area contributed by atoms with E-state index in [9.17, 15) is 9.59 Å². The maximum absolute atomic E-state index is 12.2. The van der Waals surface area contributed by atoms with E-state index in [4.69, 9.17) is 9.84 Å². The van der Waals surface area contributed by atoms with E-state index in [0.29, 0.717) is 5.41 Å². The third-order valence-electron chi connectivity index (χ3n) is 11.3. The SMILES string of the molecule is CC(C)CCCC(C)C1CCCC2C3CC=C4CC(OC(=O)CCC(=O)O)CCC4(C)C3CCC12C. The molecule has 8 atom stereocenters. The van der Waals surface area contributed by atoms with E-state index in [1.165, 1.54) is 63.4 Å². The number of carbonyl (C=O) groups excluding carboxylic acids is 1. The first kappa shape index (κ1) is 27.7. The molecule has 0 aliphatic heterocycles. The van der Waals surface area contributed by atoms with Crippen LogP contribution in [0.15, 0.2) is 11.6 Å². The molecule has 0 amide bonds. The first-order valence-electron chi connectivity index (χ1n) is 15.2. The average Bonchev–Trinajstić information content (AvgIpc) is 2.81.